The third-order valence-corrected chi connectivity index (χ3v) is 5.06. The molecule has 2 rings (SSSR count). The van der Waals surface area contributed by atoms with Crippen molar-refractivity contribution in [2.75, 3.05) is 6.61 Å². The second kappa shape index (κ2) is 9.40. The smallest absolute Gasteiger partial charge is 0.333 e. The third kappa shape index (κ3) is 5.95. The zero-order valence-corrected chi connectivity index (χ0v) is 18.0. The molecule has 0 radical (unpaired) electrons. The Balaban J connectivity index is 2.19. The summed E-state index contributed by atoms with van der Waals surface area (Å²) in [6, 6.07) is 8.60. The summed E-state index contributed by atoms with van der Waals surface area (Å²) in [5.41, 5.74) is 1.79. The Morgan fingerprint density at radius 3 is 2.18 bits per heavy atom. The molecule has 1 aromatic carbocycles. The Hall–Kier alpha value is -2.10. The second-order valence-electron chi connectivity index (χ2n) is 8.61. The van der Waals surface area contributed by atoms with Crippen molar-refractivity contribution in [2.24, 2.45) is 5.41 Å². The van der Waals surface area contributed by atoms with Crippen LogP contribution in [0.25, 0.3) is 0 Å². The molecule has 0 heterocycles. The number of rotatable bonds is 8. The van der Waals surface area contributed by atoms with E-state index in [0.717, 1.165) is 19.3 Å². The van der Waals surface area contributed by atoms with E-state index in [0.29, 0.717) is 31.4 Å². The number of hydrogen-bond acceptors (Lipinski definition) is 4. The van der Waals surface area contributed by atoms with Gasteiger partial charge in [-0.25, -0.2) is 4.79 Å². The fourth-order valence-electron chi connectivity index (χ4n) is 3.59. The normalized spacial score (nSPS) is 19.2. The van der Waals surface area contributed by atoms with Gasteiger partial charge in [-0.05, 0) is 70.9 Å². The van der Waals surface area contributed by atoms with Gasteiger partial charge in [-0.3, -0.25) is 4.79 Å². The van der Waals surface area contributed by atoms with E-state index in [1.165, 1.54) is 11.1 Å². The topological polar surface area (TPSA) is 52.6 Å². The van der Waals surface area contributed by atoms with Gasteiger partial charge in [0.1, 0.15) is 5.60 Å². The van der Waals surface area contributed by atoms with Gasteiger partial charge in [-0.15, -0.1) is 0 Å². The first-order valence-corrected chi connectivity index (χ1v) is 10.4. The lowest BCUT2D eigenvalue weighted by Crippen LogP contribution is -2.36. The van der Waals surface area contributed by atoms with E-state index in [1.807, 2.05) is 26.8 Å². The minimum absolute atomic E-state index is 0.248. The Morgan fingerprint density at radius 2 is 1.64 bits per heavy atom. The van der Waals surface area contributed by atoms with Gasteiger partial charge in [-0.1, -0.05) is 43.7 Å². The number of aryl methyl sites for hydroxylation is 2. The van der Waals surface area contributed by atoms with Gasteiger partial charge in [0.2, 0.25) is 0 Å². The molecule has 1 aromatic rings. The summed E-state index contributed by atoms with van der Waals surface area (Å²) >= 11 is 0. The fraction of sp³-hybridized carbons (Fsp3) is 0.583. The Bertz CT molecular complexity index is 709. The van der Waals surface area contributed by atoms with Crippen LogP contribution in [0.4, 0.5) is 0 Å². The first-order valence-electron chi connectivity index (χ1n) is 10.4. The molecule has 4 heteroatoms. The lowest BCUT2D eigenvalue weighted by atomic mass is 9.81. The summed E-state index contributed by atoms with van der Waals surface area (Å²) in [5, 5.41) is 0. The molecule has 0 fully saturated rings. The monoisotopic (exact) mass is 386 g/mol. The van der Waals surface area contributed by atoms with Crippen LogP contribution in [0.5, 0.6) is 0 Å². The average Bonchev–Trinajstić information content (AvgIpc) is 3.06. The molecule has 0 aliphatic heterocycles. The average molecular weight is 387 g/mol. The van der Waals surface area contributed by atoms with Crippen LogP contribution >= 0.6 is 0 Å². The Kier molecular flexibility index (Phi) is 7.45. The molecule has 0 amide bonds. The minimum Gasteiger partial charge on any atom is -0.463 e. The SMILES string of the molecule is CCCc1ccc(CCC2(C(=O)OC(C)(C)C)C=C(C(=O)OCC)CC2)cc1. The van der Waals surface area contributed by atoms with Crippen molar-refractivity contribution >= 4 is 11.9 Å². The van der Waals surface area contributed by atoms with Gasteiger partial charge < -0.3 is 9.47 Å². The van der Waals surface area contributed by atoms with E-state index in [2.05, 4.69) is 31.2 Å². The molecule has 0 N–H and O–H groups in total. The summed E-state index contributed by atoms with van der Waals surface area (Å²) in [7, 11) is 0. The molecule has 1 unspecified atom stereocenters. The molecule has 154 valence electrons. The van der Waals surface area contributed by atoms with E-state index < -0.39 is 11.0 Å². The maximum atomic E-state index is 13.1. The van der Waals surface area contributed by atoms with E-state index in [-0.39, 0.29) is 11.9 Å². The number of carbonyl (C=O) groups is 2. The first kappa shape index (κ1) is 22.2. The van der Waals surface area contributed by atoms with E-state index >= 15 is 0 Å². The molecule has 0 saturated carbocycles. The van der Waals surface area contributed by atoms with Crippen molar-refractivity contribution in [1.82, 2.24) is 0 Å². The van der Waals surface area contributed by atoms with Crippen LogP contribution in [0.3, 0.4) is 0 Å². The van der Waals surface area contributed by atoms with Crippen LogP contribution in [0, 0.1) is 5.41 Å². The molecule has 0 saturated heterocycles. The quantitative estimate of drug-likeness (QED) is 0.578. The van der Waals surface area contributed by atoms with Crippen LogP contribution < -0.4 is 0 Å². The summed E-state index contributed by atoms with van der Waals surface area (Å²) in [4.78, 5) is 25.2. The van der Waals surface area contributed by atoms with Gasteiger partial charge in [0.25, 0.3) is 0 Å². The van der Waals surface area contributed by atoms with Crippen molar-refractivity contribution in [2.45, 2.75) is 78.7 Å². The van der Waals surface area contributed by atoms with Crippen LogP contribution in [-0.4, -0.2) is 24.1 Å². The molecule has 1 aliphatic rings. The zero-order chi connectivity index (χ0) is 20.8. The van der Waals surface area contributed by atoms with Gasteiger partial charge in [0, 0.05) is 5.57 Å². The molecule has 1 atom stereocenters. The molecule has 0 bridgehead atoms. The number of esters is 2. The molecule has 4 nitrogen and oxygen atoms in total. The summed E-state index contributed by atoms with van der Waals surface area (Å²) in [6.07, 6.45) is 6.54. The lowest BCUT2D eigenvalue weighted by Gasteiger charge is -2.30. The number of hydrogen-bond donors (Lipinski definition) is 0. The van der Waals surface area contributed by atoms with Gasteiger partial charge in [-0.2, -0.15) is 0 Å². The highest BCUT2D eigenvalue weighted by Gasteiger charge is 2.44. The second-order valence-corrected chi connectivity index (χ2v) is 8.61. The van der Waals surface area contributed by atoms with Gasteiger partial charge >= 0.3 is 11.9 Å². The molecule has 0 spiro atoms. The largest absolute Gasteiger partial charge is 0.463 e. The van der Waals surface area contributed by atoms with Gasteiger partial charge in [0.05, 0.1) is 12.0 Å². The summed E-state index contributed by atoms with van der Waals surface area (Å²) < 4.78 is 10.9. The zero-order valence-electron chi connectivity index (χ0n) is 18.0. The predicted molar refractivity (Wildman–Crippen MR) is 111 cm³/mol. The highest BCUT2D eigenvalue weighted by atomic mass is 16.6. The Labute approximate surface area is 169 Å². The van der Waals surface area contributed by atoms with Crippen molar-refractivity contribution in [3.8, 4) is 0 Å². The number of carbonyl (C=O) groups excluding carboxylic acids is 2. The number of benzene rings is 1. The molecular weight excluding hydrogens is 352 g/mol. The molecule has 0 aromatic heterocycles. The molecular formula is C24H34O4. The van der Waals surface area contributed by atoms with Crippen molar-refractivity contribution < 1.29 is 19.1 Å². The molecule has 1 aliphatic carbocycles. The van der Waals surface area contributed by atoms with Crippen molar-refractivity contribution in [1.29, 1.82) is 0 Å². The van der Waals surface area contributed by atoms with E-state index in [4.69, 9.17) is 9.47 Å². The summed E-state index contributed by atoms with van der Waals surface area (Å²) in [5.74, 6) is -0.571. The highest BCUT2D eigenvalue weighted by molar-refractivity contribution is 5.92. The van der Waals surface area contributed by atoms with Crippen molar-refractivity contribution in [3.05, 3.63) is 47.0 Å². The van der Waals surface area contributed by atoms with Crippen LogP contribution in [-0.2, 0) is 31.9 Å². The minimum atomic E-state index is -0.766. The standard InChI is InChI=1S/C24H34O4/c1-6-8-18-9-11-19(12-10-18)13-15-24(22(26)28-23(3,4)5)16-14-20(17-24)21(25)27-7-2/h9-12,17H,6-8,13-16H2,1-5H3. The van der Waals surface area contributed by atoms with E-state index in [9.17, 15) is 9.59 Å². The van der Waals surface area contributed by atoms with Crippen LogP contribution in [0.2, 0.25) is 0 Å². The van der Waals surface area contributed by atoms with Crippen LogP contribution in [0.1, 0.15) is 71.4 Å². The van der Waals surface area contributed by atoms with Crippen LogP contribution in [0.15, 0.2) is 35.9 Å². The van der Waals surface area contributed by atoms with E-state index in [1.54, 1.807) is 6.92 Å². The third-order valence-electron chi connectivity index (χ3n) is 5.06. The Morgan fingerprint density at radius 1 is 1.04 bits per heavy atom. The maximum absolute atomic E-state index is 13.1. The highest BCUT2D eigenvalue weighted by Crippen LogP contribution is 2.42. The van der Waals surface area contributed by atoms with Gasteiger partial charge in [0.15, 0.2) is 0 Å². The maximum Gasteiger partial charge on any atom is 0.333 e. The summed E-state index contributed by atoms with van der Waals surface area (Å²) in [6.45, 7) is 9.91. The lowest BCUT2D eigenvalue weighted by molar-refractivity contribution is -0.165. The van der Waals surface area contributed by atoms with Crippen molar-refractivity contribution in [3.63, 3.8) is 0 Å². The fourth-order valence-corrected chi connectivity index (χ4v) is 3.59. The first-order chi connectivity index (χ1) is 13.2. The molecule has 28 heavy (non-hydrogen) atoms. The number of ether oxygens (including phenoxy) is 2. The predicted octanol–water partition coefficient (Wildman–Crippen LogP) is 5.18.